The van der Waals surface area contributed by atoms with Crippen molar-refractivity contribution in [3.8, 4) is 16.9 Å². The number of aromatic amines is 1. The summed E-state index contributed by atoms with van der Waals surface area (Å²) < 4.78 is 29.9. The van der Waals surface area contributed by atoms with Gasteiger partial charge in [-0.15, -0.1) is 0 Å². The smallest absolute Gasteiger partial charge is 0.270 e. The molecule has 1 amide bonds. The van der Waals surface area contributed by atoms with E-state index in [2.05, 4.69) is 15.0 Å². The number of H-pyrrole nitrogens is 1. The number of rotatable bonds is 3. The van der Waals surface area contributed by atoms with Gasteiger partial charge in [-0.3, -0.25) is 4.79 Å². The van der Waals surface area contributed by atoms with Crippen LogP contribution in [0.3, 0.4) is 0 Å². The summed E-state index contributed by atoms with van der Waals surface area (Å²) in [6.45, 7) is 1.88. The number of hydrogen-bond acceptors (Lipinski definition) is 5. The lowest BCUT2D eigenvalue weighted by molar-refractivity contribution is 0.0741. The minimum Gasteiger partial charge on any atom is -0.507 e. The number of phenolic OH excluding ortho intramolecular Hbond substituents is 1. The molecular formula is C23H18ClF2N5O2. The highest BCUT2D eigenvalue weighted by Crippen LogP contribution is 2.42. The van der Waals surface area contributed by atoms with Crippen molar-refractivity contribution < 1.29 is 18.7 Å². The van der Waals surface area contributed by atoms with Gasteiger partial charge < -0.3 is 19.9 Å². The molecule has 0 spiro atoms. The number of nitrogens with one attached hydrogen (secondary N) is 1. The third-order valence-corrected chi connectivity index (χ3v) is 6.03. The van der Waals surface area contributed by atoms with Crippen LogP contribution >= 0.6 is 11.6 Å². The van der Waals surface area contributed by atoms with Gasteiger partial charge in [0, 0.05) is 43.3 Å². The van der Waals surface area contributed by atoms with Gasteiger partial charge >= 0.3 is 0 Å². The van der Waals surface area contributed by atoms with Gasteiger partial charge in [0.1, 0.15) is 34.9 Å². The highest BCUT2D eigenvalue weighted by Gasteiger charge is 2.27. The molecule has 168 valence electrons. The number of carbonyl (C=O) groups excluding carboxylic acids is 1. The van der Waals surface area contributed by atoms with Crippen molar-refractivity contribution in [1.82, 2.24) is 19.9 Å². The minimum atomic E-state index is -0.845. The first kappa shape index (κ1) is 21.1. The normalized spacial score (nSPS) is 14.2. The van der Waals surface area contributed by atoms with Crippen LogP contribution in [0.1, 0.15) is 10.5 Å². The lowest BCUT2D eigenvalue weighted by Gasteiger charge is -2.35. The molecule has 5 rings (SSSR count). The lowest BCUT2D eigenvalue weighted by Crippen LogP contribution is -2.49. The number of piperazine rings is 1. The Balaban J connectivity index is 1.49. The molecule has 10 heteroatoms. The molecule has 0 bridgehead atoms. The predicted molar refractivity (Wildman–Crippen MR) is 120 cm³/mol. The van der Waals surface area contributed by atoms with Gasteiger partial charge in [0.25, 0.3) is 5.91 Å². The van der Waals surface area contributed by atoms with Gasteiger partial charge in [-0.05, 0) is 30.3 Å². The fourth-order valence-electron chi connectivity index (χ4n) is 4.11. The molecule has 1 aliphatic heterocycles. The van der Waals surface area contributed by atoms with Crippen LogP contribution in [0.5, 0.6) is 5.75 Å². The maximum absolute atomic E-state index is 15.5. The van der Waals surface area contributed by atoms with E-state index in [-0.39, 0.29) is 27.6 Å². The molecular weight excluding hydrogens is 452 g/mol. The van der Waals surface area contributed by atoms with Gasteiger partial charge in [0.2, 0.25) is 0 Å². The van der Waals surface area contributed by atoms with E-state index >= 15 is 4.39 Å². The maximum Gasteiger partial charge on any atom is 0.270 e. The van der Waals surface area contributed by atoms with Crippen molar-refractivity contribution in [2.45, 2.75) is 0 Å². The molecule has 0 aliphatic carbocycles. The fourth-order valence-corrected chi connectivity index (χ4v) is 4.40. The summed E-state index contributed by atoms with van der Waals surface area (Å²) in [5.74, 6) is -1.69. The average molecular weight is 470 g/mol. The van der Waals surface area contributed by atoms with Gasteiger partial charge in [-0.2, -0.15) is 0 Å². The highest BCUT2D eigenvalue weighted by molar-refractivity contribution is 6.34. The number of benzene rings is 2. The van der Waals surface area contributed by atoms with Crippen molar-refractivity contribution in [2.75, 3.05) is 31.1 Å². The maximum atomic E-state index is 15.5. The summed E-state index contributed by atoms with van der Waals surface area (Å²) in [6, 6.07) is 8.67. The van der Waals surface area contributed by atoms with Crippen molar-refractivity contribution in [1.29, 1.82) is 0 Å². The van der Waals surface area contributed by atoms with Crippen LogP contribution in [-0.4, -0.2) is 57.0 Å². The van der Waals surface area contributed by atoms with E-state index in [1.54, 1.807) is 23.2 Å². The molecule has 2 N–H and O–H groups in total. The first-order chi connectivity index (χ1) is 16.0. The second-order valence-electron chi connectivity index (χ2n) is 7.64. The third kappa shape index (κ3) is 3.64. The monoisotopic (exact) mass is 469 g/mol. The summed E-state index contributed by atoms with van der Waals surface area (Å²) in [7, 11) is 0. The van der Waals surface area contributed by atoms with Gasteiger partial charge in [0.05, 0.1) is 10.6 Å². The Hall–Kier alpha value is -3.72. The molecule has 33 heavy (non-hydrogen) atoms. The fraction of sp³-hybridized carbons (Fsp3) is 0.174. The zero-order valence-corrected chi connectivity index (χ0v) is 18.0. The van der Waals surface area contributed by atoms with E-state index in [0.717, 1.165) is 6.07 Å². The van der Waals surface area contributed by atoms with E-state index in [0.29, 0.717) is 43.1 Å². The molecule has 1 saturated heterocycles. The van der Waals surface area contributed by atoms with E-state index in [4.69, 9.17) is 11.6 Å². The second kappa shape index (κ2) is 8.32. The molecule has 1 fully saturated rings. The molecule has 0 atom stereocenters. The largest absolute Gasteiger partial charge is 0.507 e. The number of hydrogen-bond donors (Lipinski definition) is 2. The quantitative estimate of drug-likeness (QED) is 0.469. The van der Waals surface area contributed by atoms with Crippen molar-refractivity contribution in [2.24, 2.45) is 0 Å². The Labute approximate surface area is 192 Å². The third-order valence-electron chi connectivity index (χ3n) is 5.74. The number of aromatic hydroxyl groups is 1. The molecule has 0 unspecified atom stereocenters. The number of amides is 1. The molecule has 2 aromatic heterocycles. The van der Waals surface area contributed by atoms with Gasteiger partial charge in [-0.1, -0.05) is 17.7 Å². The number of aromatic nitrogens is 3. The van der Waals surface area contributed by atoms with Gasteiger partial charge in [-0.25, -0.2) is 18.7 Å². The summed E-state index contributed by atoms with van der Waals surface area (Å²) in [4.78, 5) is 27.5. The van der Waals surface area contributed by atoms with Crippen LogP contribution in [-0.2, 0) is 0 Å². The average Bonchev–Trinajstić information content (AvgIpc) is 3.35. The summed E-state index contributed by atoms with van der Waals surface area (Å²) in [5.41, 5.74) is -0.0926. The molecule has 7 nitrogen and oxygen atoms in total. The van der Waals surface area contributed by atoms with Crippen LogP contribution in [0, 0.1) is 11.6 Å². The number of fused-ring (bicyclic) bond motifs is 1. The second-order valence-corrected chi connectivity index (χ2v) is 8.05. The predicted octanol–water partition coefficient (Wildman–Crippen LogP) is 4.22. The Morgan fingerprint density at radius 1 is 1.06 bits per heavy atom. The molecule has 1 aliphatic rings. The highest BCUT2D eigenvalue weighted by atomic mass is 35.5. The van der Waals surface area contributed by atoms with E-state index in [1.165, 1.54) is 24.5 Å². The van der Waals surface area contributed by atoms with Crippen molar-refractivity contribution >= 4 is 34.2 Å². The van der Waals surface area contributed by atoms with Crippen molar-refractivity contribution in [3.05, 3.63) is 71.3 Å². The summed E-state index contributed by atoms with van der Waals surface area (Å²) in [5, 5.41) is 10.4. The number of phenols is 1. The Bertz CT molecular complexity index is 1330. The zero-order chi connectivity index (χ0) is 23.1. The molecule has 0 radical (unpaired) electrons. The van der Waals surface area contributed by atoms with Crippen LogP contribution in [0.2, 0.25) is 5.02 Å². The SMILES string of the molecule is O=C(c1ccc[nH]1)N1CCN(c2ncnc3c(F)c(-c4c(O)cccc4F)c(Cl)cc23)CC1. The van der Waals surface area contributed by atoms with Gasteiger partial charge in [0.15, 0.2) is 5.82 Å². The number of nitrogens with zero attached hydrogens (tertiary/aromatic N) is 4. The van der Waals surface area contributed by atoms with E-state index in [9.17, 15) is 14.3 Å². The molecule has 2 aromatic carbocycles. The van der Waals surface area contributed by atoms with Crippen LogP contribution < -0.4 is 4.90 Å². The Morgan fingerprint density at radius 2 is 1.85 bits per heavy atom. The summed E-state index contributed by atoms with van der Waals surface area (Å²) >= 11 is 6.37. The zero-order valence-electron chi connectivity index (χ0n) is 17.2. The first-order valence-electron chi connectivity index (χ1n) is 10.2. The molecule has 0 saturated carbocycles. The van der Waals surface area contributed by atoms with E-state index < -0.39 is 17.4 Å². The number of halogens is 3. The summed E-state index contributed by atoms with van der Waals surface area (Å²) in [6.07, 6.45) is 2.93. The first-order valence-corrected chi connectivity index (χ1v) is 10.6. The minimum absolute atomic E-state index is 0.0352. The van der Waals surface area contributed by atoms with Crippen LogP contribution in [0.15, 0.2) is 48.9 Å². The van der Waals surface area contributed by atoms with Crippen molar-refractivity contribution in [3.63, 3.8) is 0 Å². The lowest BCUT2D eigenvalue weighted by atomic mass is 10.0. The topological polar surface area (TPSA) is 85.4 Å². The number of anilines is 1. The van der Waals surface area contributed by atoms with Crippen LogP contribution in [0.25, 0.3) is 22.0 Å². The molecule has 3 heterocycles. The number of carbonyl (C=O) groups is 1. The molecule has 4 aromatic rings. The Kier molecular flexibility index (Phi) is 5.33. The standard InChI is InChI=1S/C23H18ClF2N5O2/c24-14-11-13-21(20(26)18(14)19-15(25)3-1-5-17(19)32)28-12-29-22(13)30-7-9-31(10-8-30)23(33)16-4-2-6-27-16/h1-6,11-12,27,32H,7-10H2. The van der Waals surface area contributed by atoms with Crippen LogP contribution in [0.4, 0.5) is 14.6 Å². The Morgan fingerprint density at radius 3 is 2.55 bits per heavy atom. The van der Waals surface area contributed by atoms with E-state index in [1.807, 2.05) is 4.90 Å².